The van der Waals surface area contributed by atoms with Crippen LogP contribution in [0.1, 0.15) is 28.4 Å². The van der Waals surface area contributed by atoms with Gasteiger partial charge in [-0.3, -0.25) is 15.0 Å². The molecule has 0 bridgehead atoms. The van der Waals surface area contributed by atoms with Gasteiger partial charge in [0.1, 0.15) is 5.84 Å². The Morgan fingerprint density at radius 3 is 2.62 bits per heavy atom. The van der Waals surface area contributed by atoms with Crippen molar-refractivity contribution in [1.82, 2.24) is 20.4 Å². The number of amidine groups is 1. The van der Waals surface area contributed by atoms with Crippen LogP contribution in [0.25, 0.3) is 11.1 Å². The number of nitrogen functional groups attached to an aromatic ring is 1. The van der Waals surface area contributed by atoms with Gasteiger partial charge in [-0.15, -0.1) is 0 Å². The summed E-state index contributed by atoms with van der Waals surface area (Å²) in [6.07, 6.45) is 5.33. The topological polar surface area (TPSA) is 79.4 Å². The van der Waals surface area contributed by atoms with Gasteiger partial charge in [-0.1, -0.05) is 54.6 Å². The molecule has 0 saturated heterocycles. The van der Waals surface area contributed by atoms with E-state index in [0.717, 1.165) is 39.3 Å². The maximum absolute atomic E-state index is 6.06. The van der Waals surface area contributed by atoms with Crippen LogP contribution in [-0.4, -0.2) is 27.9 Å². The molecule has 0 saturated carbocycles. The van der Waals surface area contributed by atoms with E-state index in [-0.39, 0.29) is 6.04 Å². The molecule has 2 aromatic carbocycles. The number of hydrazine groups is 1. The molecule has 0 radical (unpaired) electrons. The number of fused-ring (bicyclic) bond motifs is 1. The molecule has 2 aromatic heterocycles. The van der Waals surface area contributed by atoms with Gasteiger partial charge in [0.05, 0.1) is 24.0 Å². The minimum atomic E-state index is -0.0570. The normalized spacial score (nSPS) is 17.0. The largest absolute Gasteiger partial charge is 0.397 e. The molecule has 6 heteroatoms. The number of hydrogen-bond donors (Lipinski definition) is 2. The molecule has 158 valence electrons. The number of nitrogens with zero attached hydrogens (tertiary/aromatic N) is 4. The molecule has 6 nitrogen and oxygen atoms in total. The fourth-order valence-corrected chi connectivity index (χ4v) is 4.21. The lowest BCUT2D eigenvalue weighted by atomic mass is 9.87. The van der Waals surface area contributed by atoms with E-state index < -0.39 is 0 Å². The summed E-state index contributed by atoms with van der Waals surface area (Å²) in [5, 5.41) is 2.06. The number of aromatic nitrogens is 2. The second kappa shape index (κ2) is 8.61. The molecule has 1 unspecified atom stereocenters. The minimum absolute atomic E-state index is 0.0570. The molecule has 1 aliphatic rings. The first-order valence-electron chi connectivity index (χ1n) is 10.5. The Balaban J connectivity index is 1.68. The Morgan fingerprint density at radius 2 is 1.84 bits per heavy atom. The molecule has 5 rings (SSSR count). The van der Waals surface area contributed by atoms with Crippen molar-refractivity contribution in [3.8, 4) is 11.1 Å². The van der Waals surface area contributed by atoms with Crippen molar-refractivity contribution in [2.75, 3.05) is 12.8 Å². The van der Waals surface area contributed by atoms with E-state index in [4.69, 9.17) is 10.7 Å². The Kier molecular flexibility index (Phi) is 5.35. The summed E-state index contributed by atoms with van der Waals surface area (Å²) in [4.78, 5) is 13.7. The van der Waals surface area contributed by atoms with Crippen LogP contribution in [0.15, 0.2) is 96.4 Å². The summed E-state index contributed by atoms with van der Waals surface area (Å²) in [6.45, 7) is 0.490. The Hall–Kier alpha value is -4.03. The Morgan fingerprint density at radius 1 is 1.00 bits per heavy atom. The molecule has 3 N–H and O–H groups in total. The number of nitrogens with one attached hydrogen (secondary N) is 1. The minimum Gasteiger partial charge on any atom is -0.397 e. The highest BCUT2D eigenvalue weighted by atomic mass is 15.5. The van der Waals surface area contributed by atoms with Gasteiger partial charge < -0.3 is 11.2 Å². The molecule has 1 atom stereocenters. The van der Waals surface area contributed by atoms with Crippen molar-refractivity contribution in [2.45, 2.75) is 12.6 Å². The number of pyridine rings is 2. The summed E-state index contributed by atoms with van der Waals surface area (Å²) >= 11 is 0. The SMILES string of the molecule is CN1NC(=NCc2ccccn2)c2c(-c3ccccc3)cccc2C1c1cncc(N)c1. The molecule has 3 heterocycles. The summed E-state index contributed by atoms with van der Waals surface area (Å²) in [5.41, 5.74) is 16.7. The summed E-state index contributed by atoms with van der Waals surface area (Å²) in [6, 6.07) is 24.6. The average Bonchev–Trinajstić information content (AvgIpc) is 2.83. The molecule has 0 fully saturated rings. The third kappa shape index (κ3) is 3.84. The number of rotatable bonds is 4. The molecule has 0 aliphatic carbocycles. The number of benzene rings is 2. The van der Waals surface area contributed by atoms with E-state index in [2.05, 4.69) is 62.9 Å². The summed E-state index contributed by atoms with van der Waals surface area (Å²) in [7, 11) is 2.02. The first kappa shape index (κ1) is 19.9. The first-order chi connectivity index (χ1) is 15.7. The highest BCUT2D eigenvalue weighted by Gasteiger charge is 2.32. The first-order valence-corrected chi connectivity index (χ1v) is 10.5. The Bertz CT molecular complexity index is 1250. The predicted octanol–water partition coefficient (Wildman–Crippen LogP) is 4.21. The zero-order valence-corrected chi connectivity index (χ0v) is 17.8. The van der Waals surface area contributed by atoms with Crippen molar-refractivity contribution >= 4 is 11.5 Å². The predicted molar refractivity (Wildman–Crippen MR) is 128 cm³/mol. The Labute approximate surface area is 187 Å². The van der Waals surface area contributed by atoms with Gasteiger partial charge in [0.15, 0.2) is 0 Å². The van der Waals surface area contributed by atoms with Crippen molar-refractivity contribution < 1.29 is 0 Å². The second-order valence-corrected chi connectivity index (χ2v) is 7.80. The van der Waals surface area contributed by atoms with Crippen molar-refractivity contribution in [2.24, 2.45) is 4.99 Å². The van der Waals surface area contributed by atoms with Crippen molar-refractivity contribution in [3.05, 3.63) is 114 Å². The molecular weight excluding hydrogens is 396 g/mol. The number of anilines is 1. The van der Waals surface area contributed by atoms with E-state index in [1.807, 2.05) is 43.6 Å². The van der Waals surface area contributed by atoms with E-state index in [0.29, 0.717) is 12.2 Å². The van der Waals surface area contributed by atoms with Gasteiger partial charge in [0.2, 0.25) is 0 Å². The molecular formula is C26H24N6. The van der Waals surface area contributed by atoms with E-state index >= 15 is 0 Å². The van der Waals surface area contributed by atoms with Crippen LogP contribution in [0, 0.1) is 0 Å². The van der Waals surface area contributed by atoms with E-state index in [1.54, 1.807) is 12.4 Å². The third-order valence-corrected chi connectivity index (χ3v) is 5.60. The number of nitrogens with two attached hydrogens (primary N) is 1. The van der Waals surface area contributed by atoms with Crippen LogP contribution in [0.4, 0.5) is 5.69 Å². The van der Waals surface area contributed by atoms with Crippen LogP contribution in [-0.2, 0) is 6.54 Å². The standard InChI is InChI=1S/C26H24N6/c1-32-25(19-14-20(27)16-28-15-19)23-12-7-11-22(18-8-3-2-4-9-18)24(23)26(31-32)30-17-21-10-5-6-13-29-21/h2-16,25H,17,27H2,1H3,(H,30,31). The third-order valence-electron chi connectivity index (χ3n) is 5.60. The maximum atomic E-state index is 6.06. The van der Waals surface area contributed by atoms with Crippen LogP contribution >= 0.6 is 0 Å². The molecule has 32 heavy (non-hydrogen) atoms. The van der Waals surface area contributed by atoms with Crippen molar-refractivity contribution in [1.29, 1.82) is 0 Å². The zero-order valence-electron chi connectivity index (χ0n) is 17.8. The summed E-state index contributed by atoms with van der Waals surface area (Å²) in [5.74, 6) is 0.820. The lowest BCUT2D eigenvalue weighted by Crippen LogP contribution is -2.47. The average molecular weight is 421 g/mol. The molecule has 1 aliphatic heterocycles. The quantitative estimate of drug-likeness (QED) is 0.517. The smallest absolute Gasteiger partial charge is 0.144 e. The van der Waals surface area contributed by atoms with Crippen LogP contribution in [0.5, 0.6) is 0 Å². The monoisotopic (exact) mass is 420 g/mol. The highest BCUT2D eigenvalue weighted by Crippen LogP contribution is 2.37. The second-order valence-electron chi connectivity index (χ2n) is 7.80. The van der Waals surface area contributed by atoms with Gasteiger partial charge >= 0.3 is 0 Å². The fraction of sp³-hybridized carbons (Fsp3) is 0.115. The summed E-state index contributed by atoms with van der Waals surface area (Å²) < 4.78 is 0. The lowest BCUT2D eigenvalue weighted by molar-refractivity contribution is 0.230. The van der Waals surface area contributed by atoms with Gasteiger partial charge in [0.25, 0.3) is 0 Å². The van der Waals surface area contributed by atoms with E-state index in [9.17, 15) is 0 Å². The molecule has 0 spiro atoms. The molecule has 0 amide bonds. The fourth-order valence-electron chi connectivity index (χ4n) is 4.21. The van der Waals surface area contributed by atoms with Gasteiger partial charge in [-0.2, -0.15) is 0 Å². The van der Waals surface area contributed by atoms with Crippen LogP contribution in [0.2, 0.25) is 0 Å². The number of aliphatic imine (C=N–C) groups is 1. The maximum Gasteiger partial charge on any atom is 0.144 e. The highest BCUT2D eigenvalue weighted by molar-refractivity contribution is 6.06. The van der Waals surface area contributed by atoms with E-state index in [1.165, 1.54) is 0 Å². The lowest BCUT2D eigenvalue weighted by Gasteiger charge is -2.37. The number of hydrogen-bond acceptors (Lipinski definition) is 5. The van der Waals surface area contributed by atoms with Crippen LogP contribution in [0.3, 0.4) is 0 Å². The van der Waals surface area contributed by atoms with Gasteiger partial charge in [0, 0.05) is 31.2 Å². The zero-order chi connectivity index (χ0) is 21.9. The van der Waals surface area contributed by atoms with Crippen molar-refractivity contribution in [3.63, 3.8) is 0 Å². The van der Waals surface area contributed by atoms with Gasteiger partial charge in [-0.05, 0) is 40.5 Å². The van der Waals surface area contributed by atoms with Crippen LogP contribution < -0.4 is 11.2 Å². The van der Waals surface area contributed by atoms with Gasteiger partial charge in [-0.25, -0.2) is 5.01 Å². The molecule has 4 aromatic rings.